The first-order valence-corrected chi connectivity index (χ1v) is 20.7. The van der Waals surface area contributed by atoms with Crippen LogP contribution in [-0.4, -0.2) is 91.9 Å². The molecule has 9 heteroatoms. The van der Waals surface area contributed by atoms with E-state index in [2.05, 4.69) is 19.2 Å². The summed E-state index contributed by atoms with van der Waals surface area (Å²) < 4.78 is 5.62. The second kappa shape index (κ2) is 30.8. The Morgan fingerprint density at radius 2 is 0.980 bits per heavy atom. The van der Waals surface area contributed by atoms with Crippen LogP contribution in [0.2, 0.25) is 0 Å². The Hall–Kier alpha value is -0.810. The molecule has 0 spiro atoms. The Bertz CT molecular complexity index is 756. The molecule has 49 heavy (non-hydrogen) atoms. The Morgan fingerprint density at radius 1 is 0.571 bits per heavy atom. The number of ether oxygens (including phenoxy) is 1. The largest absolute Gasteiger partial charge is 0.394 e. The smallest absolute Gasteiger partial charge is 0.220 e. The van der Waals surface area contributed by atoms with Crippen LogP contribution < -0.4 is 5.32 Å². The molecule has 1 aliphatic rings. The number of nitrogens with one attached hydrogen (secondary N) is 1. The molecule has 1 rings (SSSR count). The molecule has 1 heterocycles. The third kappa shape index (κ3) is 22.0. The number of unbranched alkanes of at least 4 members (excludes halogenated alkanes) is 22. The van der Waals surface area contributed by atoms with E-state index in [0.29, 0.717) is 12.8 Å². The zero-order valence-electron chi connectivity index (χ0n) is 31.6. The summed E-state index contributed by atoms with van der Waals surface area (Å²) >= 11 is 0. The number of rotatable bonds is 33. The van der Waals surface area contributed by atoms with E-state index in [1.165, 1.54) is 116 Å². The molecule has 9 nitrogen and oxygen atoms in total. The Kier molecular flexibility index (Phi) is 29.0. The summed E-state index contributed by atoms with van der Waals surface area (Å²) in [7, 11) is 0. The van der Waals surface area contributed by atoms with Crippen LogP contribution in [0.15, 0.2) is 0 Å². The normalized spacial score (nSPS) is 23.0. The van der Waals surface area contributed by atoms with Crippen LogP contribution in [0.25, 0.3) is 0 Å². The van der Waals surface area contributed by atoms with Gasteiger partial charge in [0.05, 0.1) is 31.0 Å². The number of hydrogen-bond acceptors (Lipinski definition) is 8. The molecule has 0 aromatic carbocycles. The van der Waals surface area contributed by atoms with E-state index < -0.39 is 55.4 Å². The molecule has 1 aliphatic heterocycles. The molecule has 0 bridgehead atoms. The van der Waals surface area contributed by atoms with E-state index in [0.717, 1.165) is 38.5 Å². The van der Waals surface area contributed by atoms with E-state index in [1.54, 1.807) is 0 Å². The van der Waals surface area contributed by atoms with Crippen molar-refractivity contribution in [3.05, 3.63) is 0 Å². The molecule has 0 aromatic rings. The van der Waals surface area contributed by atoms with Gasteiger partial charge < -0.3 is 40.7 Å². The zero-order chi connectivity index (χ0) is 36.1. The van der Waals surface area contributed by atoms with E-state index in [1.807, 2.05) is 0 Å². The lowest BCUT2D eigenvalue weighted by Gasteiger charge is -2.40. The Morgan fingerprint density at radius 3 is 1.43 bits per heavy atom. The van der Waals surface area contributed by atoms with Gasteiger partial charge in [-0.25, -0.2) is 0 Å². The molecule has 1 fully saturated rings. The highest BCUT2D eigenvalue weighted by Gasteiger charge is 2.43. The molecule has 0 saturated carbocycles. The summed E-state index contributed by atoms with van der Waals surface area (Å²) in [6.07, 6.45) is 22.8. The van der Waals surface area contributed by atoms with Gasteiger partial charge in [-0.2, -0.15) is 0 Å². The van der Waals surface area contributed by atoms with Crippen molar-refractivity contribution >= 4 is 5.91 Å². The van der Waals surface area contributed by atoms with Crippen LogP contribution >= 0.6 is 0 Å². The number of hydrogen-bond donors (Lipinski definition) is 7. The zero-order valence-corrected chi connectivity index (χ0v) is 31.6. The molecule has 0 unspecified atom stereocenters. The highest BCUT2D eigenvalue weighted by Crippen LogP contribution is 2.26. The third-order valence-corrected chi connectivity index (χ3v) is 10.5. The molecule has 292 valence electrons. The SMILES string of the molecule is CCCCCCCCCCCCCCCCCCCCCCCC(=O)N[C@@H](CC[C@H]1O[C@H](CO)[C@H](O)[C@H](O)[C@H]1O)[C@H](O)[C@H](O)CCCCC. The lowest BCUT2D eigenvalue weighted by atomic mass is 9.90. The Labute approximate surface area is 300 Å². The first kappa shape index (κ1) is 46.2. The lowest BCUT2D eigenvalue weighted by molar-refractivity contribution is -0.231. The van der Waals surface area contributed by atoms with Crippen LogP contribution in [0.5, 0.6) is 0 Å². The fourth-order valence-corrected chi connectivity index (χ4v) is 7.13. The summed E-state index contributed by atoms with van der Waals surface area (Å²) in [4.78, 5) is 12.9. The fraction of sp³-hybridized carbons (Fsp3) is 0.975. The van der Waals surface area contributed by atoms with Crippen LogP contribution in [0, 0.1) is 0 Å². The average molecular weight is 702 g/mol. The van der Waals surface area contributed by atoms with Gasteiger partial charge >= 0.3 is 0 Å². The minimum Gasteiger partial charge on any atom is -0.394 e. The first-order chi connectivity index (χ1) is 23.8. The minimum atomic E-state index is -1.47. The monoisotopic (exact) mass is 702 g/mol. The van der Waals surface area contributed by atoms with Crippen LogP contribution in [-0.2, 0) is 9.53 Å². The predicted octanol–water partition coefficient (Wildman–Crippen LogP) is 7.00. The van der Waals surface area contributed by atoms with Crippen LogP contribution in [0.1, 0.15) is 194 Å². The summed E-state index contributed by atoms with van der Waals surface area (Å²) in [5.41, 5.74) is 0. The van der Waals surface area contributed by atoms with Gasteiger partial charge in [0.25, 0.3) is 0 Å². The maximum Gasteiger partial charge on any atom is 0.220 e. The summed E-state index contributed by atoms with van der Waals surface area (Å²) in [5.74, 6) is -0.184. The van der Waals surface area contributed by atoms with E-state index in [4.69, 9.17) is 4.74 Å². The molecular formula is C40H79NO8. The number of carbonyl (C=O) groups excluding carboxylic acids is 1. The van der Waals surface area contributed by atoms with Gasteiger partial charge in [-0.1, -0.05) is 162 Å². The quantitative estimate of drug-likeness (QED) is 0.0361. The standard InChI is InChI=1S/C40H79NO8/c1-3-5-7-8-9-10-11-12-13-14-15-16-17-18-19-20-21-22-23-24-26-28-36(44)41-32(37(45)33(43)27-25-6-4-2)29-30-34-38(46)40(48)39(47)35(31-42)49-34/h32-35,37-40,42-43,45-48H,3-31H2,1-2H3,(H,41,44)/t32-,33+,34+,35+,37-,38-,39-,40+/m0/s1. The van der Waals surface area contributed by atoms with Gasteiger partial charge in [-0.05, 0) is 25.7 Å². The summed E-state index contributed by atoms with van der Waals surface area (Å²) in [6, 6.07) is -0.758. The average Bonchev–Trinajstić information content (AvgIpc) is 3.10. The fourth-order valence-electron chi connectivity index (χ4n) is 7.13. The molecule has 1 saturated heterocycles. The van der Waals surface area contributed by atoms with Crippen molar-refractivity contribution in [1.29, 1.82) is 0 Å². The van der Waals surface area contributed by atoms with Crippen LogP contribution in [0.4, 0.5) is 0 Å². The van der Waals surface area contributed by atoms with Gasteiger partial charge in [0.1, 0.15) is 24.4 Å². The van der Waals surface area contributed by atoms with Gasteiger partial charge in [0.2, 0.25) is 5.91 Å². The van der Waals surface area contributed by atoms with E-state index >= 15 is 0 Å². The maximum absolute atomic E-state index is 12.9. The molecule has 0 radical (unpaired) electrons. The molecule has 0 aliphatic carbocycles. The highest BCUT2D eigenvalue weighted by molar-refractivity contribution is 5.76. The molecule has 1 amide bonds. The summed E-state index contributed by atoms with van der Waals surface area (Å²) in [6.45, 7) is 3.83. The Balaban J connectivity index is 2.21. The first-order valence-electron chi connectivity index (χ1n) is 20.7. The second-order valence-electron chi connectivity index (χ2n) is 15.0. The molecule has 7 N–H and O–H groups in total. The number of aliphatic hydroxyl groups is 6. The van der Waals surface area contributed by atoms with Crippen molar-refractivity contribution in [2.75, 3.05) is 6.61 Å². The molecule has 8 atom stereocenters. The van der Waals surface area contributed by atoms with Gasteiger partial charge in [0, 0.05) is 6.42 Å². The number of carbonyl (C=O) groups is 1. The highest BCUT2D eigenvalue weighted by atomic mass is 16.5. The van der Waals surface area contributed by atoms with Gasteiger partial charge in [-0.3, -0.25) is 4.79 Å². The van der Waals surface area contributed by atoms with Crippen LogP contribution in [0.3, 0.4) is 0 Å². The van der Waals surface area contributed by atoms with Crippen molar-refractivity contribution < 1.29 is 40.2 Å². The summed E-state index contributed by atoms with van der Waals surface area (Å²) in [5, 5.41) is 64.6. The molecular weight excluding hydrogens is 622 g/mol. The van der Waals surface area contributed by atoms with Crippen molar-refractivity contribution in [2.45, 2.75) is 242 Å². The van der Waals surface area contributed by atoms with Crippen molar-refractivity contribution in [1.82, 2.24) is 5.32 Å². The van der Waals surface area contributed by atoms with Gasteiger partial charge in [0.15, 0.2) is 0 Å². The third-order valence-electron chi connectivity index (χ3n) is 10.5. The van der Waals surface area contributed by atoms with E-state index in [-0.39, 0.29) is 18.7 Å². The minimum absolute atomic E-state index is 0.157. The number of amides is 1. The number of aliphatic hydroxyl groups excluding tert-OH is 6. The molecule has 0 aromatic heterocycles. The lowest BCUT2D eigenvalue weighted by Crippen LogP contribution is -2.59. The van der Waals surface area contributed by atoms with Crippen molar-refractivity contribution in [3.63, 3.8) is 0 Å². The topological polar surface area (TPSA) is 160 Å². The van der Waals surface area contributed by atoms with E-state index in [9.17, 15) is 35.4 Å². The van der Waals surface area contributed by atoms with Crippen molar-refractivity contribution in [2.24, 2.45) is 0 Å². The predicted molar refractivity (Wildman–Crippen MR) is 198 cm³/mol. The maximum atomic E-state index is 12.9. The van der Waals surface area contributed by atoms with Crippen molar-refractivity contribution in [3.8, 4) is 0 Å². The van der Waals surface area contributed by atoms with Gasteiger partial charge in [-0.15, -0.1) is 0 Å². The second-order valence-corrected chi connectivity index (χ2v) is 15.0.